The van der Waals surface area contributed by atoms with Crippen LogP contribution in [-0.4, -0.2) is 4.98 Å². The minimum Gasteiger partial charge on any atom is -0.355 e. The van der Waals surface area contributed by atoms with E-state index < -0.39 is 0 Å². The Kier molecular flexibility index (Phi) is 3.15. The lowest BCUT2D eigenvalue weighted by atomic mass is 10.0. The molecule has 3 rings (SSSR count). The summed E-state index contributed by atoms with van der Waals surface area (Å²) >= 11 is 0. The Labute approximate surface area is 119 Å². The molecule has 20 heavy (non-hydrogen) atoms. The lowest BCUT2D eigenvalue weighted by Gasteiger charge is -2.14. The van der Waals surface area contributed by atoms with Crippen LogP contribution in [0.4, 0.5) is 11.4 Å². The van der Waals surface area contributed by atoms with Gasteiger partial charge < -0.3 is 5.32 Å². The predicted molar refractivity (Wildman–Crippen MR) is 85.7 cm³/mol. The lowest BCUT2D eigenvalue weighted by molar-refractivity contribution is 1.33. The van der Waals surface area contributed by atoms with Crippen molar-refractivity contribution in [1.82, 2.24) is 4.98 Å². The summed E-state index contributed by atoms with van der Waals surface area (Å²) in [6.45, 7) is 6.39. The van der Waals surface area contributed by atoms with Crippen LogP contribution in [0.2, 0.25) is 0 Å². The average Bonchev–Trinajstić information content (AvgIpc) is 2.45. The van der Waals surface area contributed by atoms with Gasteiger partial charge in [-0.05, 0) is 67.1 Å². The summed E-state index contributed by atoms with van der Waals surface area (Å²) in [5.74, 6) is 0. The molecule has 0 fully saturated rings. The van der Waals surface area contributed by atoms with Gasteiger partial charge in [-0.15, -0.1) is 0 Å². The third-order valence-electron chi connectivity index (χ3n) is 3.71. The van der Waals surface area contributed by atoms with Gasteiger partial charge in [0.05, 0.1) is 0 Å². The zero-order valence-corrected chi connectivity index (χ0v) is 12.1. The molecule has 0 unspecified atom stereocenters. The van der Waals surface area contributed by atoms with Crippen molar-refractivity contribution in [3.63, 3.8) is 0 Å². The summed E-state index contributed by atoms with van der Waals surface area (Å²) in [5.41, 5.74) is 6.03. The molecule has 2 nitrogen and oxygen atoms in total. The van der Waals surface area contributed by atoms with E-state index in [1.54, 1.807) is 0 Å². The monoisotopic (exact) mass is 262 g/mol. The van der Waals surface area contributed by atoms with Crippen LogP contribution >= 0.6 is 0 Å². The standard InChI is InChI=1S/C18H18N2/c1-12-5-4-6-15(9-12)20-18-10-13(2)16-7-8-19-11-17(16)14(18)3/h4-11,20H,1-3H3. The molecule has 1 aromatic heterocycles. The van der Waals surface area contributed by atoms with E-state index in [1.165, 1.54) is 27.5 Å². The number of aromatic nitrogens is 1. The van der Waals surface area contributed by atoms with Gasteiger partial charge in [0.15, 0.2) is 0 Å². The van der Waals surface area contributed by atoms with Gasteiger partial charge in [-0.2, -0.15) is 0 Å². The van der Waals surface area contributed by atoms with Gasteiger partial charge in [0, 0.05) is 29.2 Å². The molecule has 100 valence electrons. The fourth-order valence-corrected chi connectivity index (χ4v) is 2.59. The lowest BCUT2D eigenvalue weighted by Crippen LogP contribution is -1.96. The molecular weight excluding hydrogens is 244 g/mol. The summed E-state index contributed by atoms with van der Waals surface area (Å²) < 4.78 is 0. The van der Waals surface area contributed by atoms with E-state index in [0.29, 0.717) is 0 Å². The van der Waals surface area contributed by atoms with Crippen LogP contribution < -0.4 is 5.32 Å². The van der Waals surface area contributed by atoms with Crippen molar-refractivity contribution in [2.45, 2.75) is 20.8 Å². The third-order valence-corrected chi connectivity index (χ3v) is 3.71. The third kappa shape index (κ3) is 2.25. The fourth-order valence-electron chi connectivity index (χ4n) is 2.59. The fraction of sp³-hybridized carbons (Fsp3) is 0.167. The molecule has 3 aromatic rings. The number of benzene rings is 2. The van der Waals surface area contributed by atoms with Gasteiger partial charge in [-0.25, -0.2) is 0 Å². The second kappa shape index (κ2) is 4.97. The molecule has 1 heterocycles. The van der Waals surface area contributed by atoms with Crippen molar-refractivity contribution >= 4 is 22.1 Å². The van der Waals surface area contributed by atoms with Crippen molar-refractivity contribution in [2.75, 3.05) is 5.32 Å². The molecule has 0 atom stereocenters. The maximum atomic E-state index is 4.25. The van der Waals surface area contributed by atoms with E-state index in [9.17, 15) is 0 Å². The molecule has 2 aromatic carbocycles. The Balaban J connectivity index is 2.10. The highest BCUT2D eigenvalue weighted by atomic mass is 14.9. The maximum absolute atomic E-state index is 4.25. The van der Waals surface area contributed by atoms with Crippen molar-refractivity contribution < 1.29 is 0 Å². The number of fused-ring (bicyclic) bond motifs is 1. The predicted octanol–water partition coefficient (Wildman–Crippen LogP) is 4.90. The Morgan fingerprint density at radius 2 is 1.80 bits per heavy atom. The summed E-state index contributed by atoms with van der Waals surface area (Å²) in [6, 6.07) is 12.7. The highest BCUT2D eigenvalue weighted by Gasteiger charge is 2.07. The zero-order chi connectivity index (χ0) is 14.1. The largest absolute Gasteiger partial charge is 0.355 e. The van der Waals surface area contributed by atoms with E-state index in [4.69, 9.17) is 0 Å². The number of rotatable bonds is 2. The first kappa shape index (κ1) is 12.7. The molecule has 0 aliphatic heterocycles. The molecule has 0 radical (unpaired) electrons. The molecular formula is C18H18N2. The molecule has 2 heteroatoms. The first-order valence-electron chi connectivity index (χ1n) is 6.83. The first-order valence-corrected chi connectivity index (χ1v) is 6.83. The maximum Gasteiger partial charge on any atom is 0.0423 e. The van der Waals surface area contributed by atoms with Crippen molar-refractivity contribution in [1.29, 1.82) is 0 Å². The summed E-state index contributed by atoms with van der Waals surface area (Å²) in [6.07, 6.45) is 3.79. The highest BCUT2D eigenvalue weighted by molar-refractivity contribution is 5.92. The molecule has 0 amide bonds. The van der Waals surface area contributed by atoms with E-state index >= 15 is 0 Å². The quantitative estimate of drug-likeness (QED) is 0.710. The second-order valence-corrected chi connectivity index (χ2v) is 5.28. The van der Waals surface area contributed by atoms with E-state index in [2.05, 4.69) is 67.5 Å². The Morgan fingerprint density at radius 1 is 0.950 bits per heavy atom. The van der Waals surface area contributed by atoms with Gasteiger partial charge in [-0.1, -0.05) is 12.1 Å². The number of aryl methyl sites for hydroxylation is 3. The van der Waals surface area contributed by atoms with E-state index in [-0.39, 0.29) is 0 Å². The van der Waals surface area contributed by atoms with Crippen LogP contribution in [0, 0.1) is 20.8 Å². The van der Waals surface area contributed by atoms with Gasteiger partial charge in [0.2, 0.25) is 0 Å². The molecule has 0 aliphatic rings. The summed E-state index contributed by atoms with van der Waals surface area (Å²) in [5, 5.41) is 6.00. The SMILES string of the molecule is Cc1cccc(Nc2cc(C)c3ccncc3c2C)c1. The minimum atomic E-state index is 1.12. The molecule has 0 aliphatic carbocycles. The number of nitrogens with one attached hydrogen (secondary N) is 1. The number of anilines is 2. The van der Waals surface area contributed by atoms with Crippen LogP contribution in [0.3, 0.4) is 0 Å². The number of nitrogens with zero attached hydrogens (tertiary/aromatic N) is 1. The number of pyridine rings is 1. The molecule has 0 bridgehead atoms. The Bertz CT molecular complexity index is 775. The first-order chi connectivity index (χ1) is 9.65. The normalized spacial score (nSPS) is 10.8. The second-order valence-electron chi connectivity index (χ2n) is 5.28. The smallest absolute Gasteiger partial charge is 0.0423 e. The minimum absolute atomic E-state index is 1.12. The van der Waals surface area contributed by atoms with Crippen molar-refractivity contribution in [2.24, 2.45) is 0 Å². The van der Waals surface area contributed by atoms with Crippen LogP contribution in [-0.2, 0) is 0 Å². The molecule has 0 saturated heterocycles. The highest BCUT2D eigenvalue weighted by Crippen LogP contribution is 2.30. The summed E-state index contributed by atoms with van der Waals surface area (Å²) in [7, 11) is 0. The number of hydrogen-bond donors (Lipinski definition) is 1. The summed E-state index contributed by atoms with van der Waals surface area (Å²) in [4.78, 5) is 4.25. The Morgan fingerprint density at radius 3 is 2.60 bits per heavy atom. The molecule has 0 spiro atoms. The van der Waals surface area contributed by atoms with Crippen LogP contribution in [0.5, 0.6) is 0 Å². The Hall–Kier alpha value is -2.35. The molecule has 0 saturated carbocycles. The van der Waals surface area contributed by atoms with Gasteiger partial charge in [0.25, 0.3) is 0 Å². The van der Waals surface area contributed by atoms with Crippen LogP contribution in [0.15, 0.2) is 48.8 Å². The topological polar surface area (TPSA) is 24.9 Å². The zero-order valence-electron chi connectivity index (χ0n) is 12.1. The van der Waals surface area contributed by atoms with E-state index in [1.807, 2.05) is 12.4 Å². The molecule has 1 N–H and O–H groups in total. The number of hydrogen-bond acceptors (Lipinski definition) is 2. The van der Waals surface area contributed by atoms with Crippen molar-refractivity contribution in [3.8, 4) is 0 Å². The van der Waals surface area contributed by atoms with Crippen LogP contribution in [0.25, 0.3) is 10.8 Å². The van der Waals surface area contributed by atoms with E-state index in [0.717, 1.165) is 11.4 Å². The van der Waals surface area contributed by atoms with Crippen molar-refractivity contribution in [3.05, 3.63) is 65.5 Å². The average molecular weight is 262 g/mol. The van der Waals surface area contributed by atoms with Gasteiger partial charge in [-0.3, -0.25) is 4.98 Å². The van der Waals surface area contributed by atoms with Gasteiger partial charge in [0.1, 0.15) is 0 Å². The van der Waals surface area contributed by atoms with Crippen LogP contribution in [0.1, 0.15) is 16.7 Å². The van der Waals surface area contributed by atoms with Gasteiger partial charge >= 0.3 is 0 Å².